The van der Waals surface area contributed by atoms with E-state index in [1.807, 2.05) is 26.8 Å². The Kier molecular flexibility index (Phi) is 6.54. The number of amides is 1. The Morgan fingerprint density at radius 1 is 1.20 bits per heavy atom. The predicted molar refractivity (Wildman–Crippen MR) is 118 cm³/mol. The van der Waals surface area contributed by atoms with Crippen LogP contribution in [-0.4, -0.2) is 65.8 Å². The van der Waals surface area contributed by atoms with Gasteiger partial charge in [-0.1, -0.05) is 6.42 Å². The first-order chi connectivity index (χ1) is 14.1. The number of fused-ring (bicyclic) bond motifs is 1. The molecule has 1 aliphatic heterocycles. The van der Waals surface area contributed by atoms with Crippen LogP contribution in [0.1, 0.15) is 45.9 Å². The molecular formula is C21H33N5O3S. The highest BCUT2D eigenvalue weighted by Gasteiger charge is 2.30. The number of nitrogens with zero attached hydrogens (tertiary/aromatic N) is 4. The van der Waals surface area contributed by atoms with Crippen molar-refractivity contribution in [2.24, 2.45) is 0 Å². The molecule has 0 atom stereocenters. The quantitative estimate of drug-likeness (QED) is 0.720. The Morgan fingerprint density at radius 2 is 1.87 bits per heavy atom. The van der Waals surface area contributed by atoms with Gasteiger partial charge in [0.05, 0.1) is 28.0 Å². The zero-order valence-corrected chi connectivity index (χ0v) is 19.4. The molecule has 1 N–H and O–H groups in total. The number of benzene rings is 1. The monoisotopic (exact) mass is 435 g/mol. The second-order valence-electron chi connectivity index (χ2n) is 8.57. The Balaban J connectivity index is 1.90. The van der Waals surface area contributed by atoms with E-state index in [1.165, 1.54) is 0 Å². The van der Waals surface area contributed by atoms with Gasteiger partial charge >= 0.3 is 0 Å². The lowest BCUT2D eigenvalue weighted by molar-refractivity contribution is -0.134. The summed E-state index contributed by atoms with van der Waals surface area (Å²) < 4.78 is 29.7. The molecule has 0 saturated carbocycles. The van der Waals surface area contributed by atoms with Crippen LogP contribution in [0, 0.1) is 0 Å². The highest BCUT2D eigenvalue weighted by atomic mass is 32.2. The number of nitrogens with one attached hydrogen (secondary N) is 1. The van der Waals surface area contributed by atoms with Crippen molar-refractivity contribution in [1.29, 1.82) is 0 Å². The Bertz CT molecular complexity index is 1020. The number of aryl methyl sites for hydroxylation is 1. The summed E-state index contributed by atoms with van der Waals surface area (Å²) in [6.45, 7) is 7.98. The molecule has 0 spiro atoms. The number of rotatable bonds is 7. The van der Waals surface area contributed by atoms with Crippen LogP contribution < -0.4 is 5.32 Å². The van der Waals surface area contributed by atoms with Gasteiger partial charge in [0, 0.05) is 33.7 Å². The maximum Gasteiger partial charge on any atom is 0.243 e. The third-order valence-electron chi connectivity index (χ3n) is 5.70. The summed E-state index contributed by atoms with van der Waals surface area (Å²) in [6.07, 6.45) is 2.89. The lowest BCUT2D eigenvalue weighted by Gasteiger charge is -2.28. The molecule has 166 valence electrons. The van der Waals surface area contributed by atoms with Crippen molar-refractivity contribution in [3.63, 3.8) is 0 Å². The van der Waals surface area contributed by atoms with Crippen molar-refractivity contribution in [3.8, 4) is 0 Å². The maximum atomic E-state index is 13.0. The van der Waals surface area contributed by atoms with E-state index in [-0.39, 0.29) is 5.91 Å². The van der Waals surface area contributed by atoms with Gasteiger partial charge in [0.15, 0.2) is 0 Å². The van der Waals surface area contributed by atoms with Gasteiger partial charge in [0.2, 0.25) is 15.9 Å². The van der Waals surface area contributed by atoms with Crippen LogP contribution in [0.4, 0.5) is 0 Å². The summed E-state index contributed by atoms with van der Waals surface area (Å²) >= 11 is 0. The van der Waals surface area contributed by atoms with Crippen LogP contribution in [0.2, 0.25) is 0 Å². The molecular weight excluding hydrogens is 402 g/mol. The Hall–Kier alpha value is -1.97. The van der Waals surface area contributed by atoms with Gasteiger partial charge in [0.1, 0.15) is 5.82 Å². The number of carbonyl (C=O) groups is 1. The summed E-state index contributed by atoms with van der Waals surface area (Å²) in [6, 6.07) is 5.18. The normalized spacial score (nSPS) is 16.2. The van der Waals surface area contributed by atoms with Gasteiger partial charge in [-0.2, -0.15) is 4.31 Å². The van der Waals surface area contributed by atoms with E-state index in [0.29, 0.717) is 36.6 Å². The Labute approximate surface area is 179 Å². The molecule has 2 heterocycles. The largest absolute Gasteiger partial charge is 0.347 e. The van der Waals surface area contributed by atoms with Crippen molar-refractivity contribution in [1.82, 2.24) is 24.1 Å². The fourth-order valence-electron chi connectivity index (χ4n) is 4.00. The van der Waals surface area contributed by atoms with E-state index < -0.39 is 15.6 Å². The third-order valence-corrected chi connectivity index (χ3v) is 7.59. The van der Waals surface area contributed by atoms with Crippen molar-refractivity contribution in [3.05, 3.63) is 24.0 Å². The SMILES string of the molecule is CCn1c(CNC(C)(C)C(=O)N(C)C)nc2cc(S(=O)(=O)N3CCCCC3)ccc21. The van der Waals surface area contributed by atoms with Gasteiger partial charge in [-0.3, -0.25) is 10.1 Å². The average Bonchev–Trinajstić information content (AvgIpc) is 3.09. The average molecular weight is 436 g/mol. The summed E-state index contributed by atoms with van der Waals surface area (Å²) in [5.41, 5.74) is 0.815. The van der Waals surface area contributed by atoms with Crippen molar-refractivity contribution in [2.45, 2.75) is 63.6 Å². The molecule has 0 bridgehead atoms. The molecule has 1 aromatic heterocycles. The summed E-state index contributed by atoms with van der Waals surface area (Å²) in [7, 11) is -0.0349. The molecule has 1 fully saturated rings. The Morgan fingerprint density at radius 3 is 2.47 bits per heavy atom. The molecule has 1 saturated heterocycles. The second kappa shape index (κ2) is 8.64. The van der Waals surface area contributed by atoms with E-state index in [2.05, 4.69) is 9.88 Å². The minimum atomic E-state index is -3.50. The molecule has 0 unspecified atom stereocenters. The molecule has 8 nitrogen and oxygen atoms in total. The van der Waals surface area contributed by atoms with E-state index in [0.717, 1.165) is 30.6 Å². The minimum Gasteiger partial charge on any atom is -0.347 e. The van der Waals surface area contributed by atoms with Gasteiger partial charge in [-0.25, -0.2) is 13.4 Å². The first-order valence-corrected chi connectivity index (χ1v) is 12.0. The van der Waals surface area contributed by atoms with E-state index in [4.69, 9.17) is 4.98 Å². The van der Waals surface area contributed by atoms with Crippen LogP contribution >= 0.6 is 0 Å². The van der Waals surface area contributed by atoms with Crippen LogP contribution in [0.15, 0.2) is 23.1 Å². The summed E-state index contributed by atoms with van der Waals surface area (Å²) in [4.78, 5) is 18.9. The molecule has 9 heteroatoms. The van der Waals surface area contributed by atoms with Crippen LogP contribution in [0.25, 0.3) is 11.0 Å². The number of carbonyl (C=O) groups excluding carboxylic acids is 1. The van der Waals surface area contributed by atoms with Crippen molar-refractivity contribution < 1.29 is 13.2 Å². The number of aromatic nitrogens is 2. The molecule has 2 aromatic rings. The van der Waals surface area contributed by atoms with Crippen LogP contribution in [-0.2, 0) is 27.9 Å². The van der Waals surface area contributed by atoms with E-state index in [9.17, 15) is 13.2 Å². The molecule has 3 rings (SSSR count). The standard InChI is InChI=1S/C21H33N5O3S/c1-6-26-18-11-10-16(30(28,29)25-12-8-7-9-13-25)14-17(18)23-19(26)15-22-21(2,3)20(27)24(4)5/h10-11,14,22H,6-9,12-13,15H2,1-5H3. The molecule has 30 heavy (non-hydrogen) atoms. The predicted octanol–water partition coefficient (Wildman–Crippen LogP) is 2.19. The molecule has 1 amide bonds. The van der Waals surface area contributed by atoms with Gasteiger partial charge < -0.3 is 9.47 Å². The lowest BCUT2D eigenvalue weighted by atomic mass is 10.0. The minimum absolute atomic E-state index is 0.0171. The van der Waals surface area contributed by atoms with Crippen LogP contribution in [0.3, 0.4) is 0 Å². The topological polar surface area (TPSA) is 87.5 Å². The third kappa shape index (κ3) is 4.38. The zero-order chi connectivity index (χ0) is 22.1. The zero-order valence-electron chi connectivity index (χ0n) is 18.6. The molecule has 1 aromatic carbocycles. The number of sulfonamides is 1. The number of imidazole rings is 1. The maximum absolute atomic E-state index is 13.0. The van der Waals surface area contributed by atoms with Gasteiger partial charge in [0.25, 0.3) is 0 Å². The summed E-state index contributed by atoms with van der Waals surface area (Å²) in [5, 5.41) is 3.29. The smallest absolute Gasteiger partial charge is 0.243 e. The van der Waals surface area contributed by atoms with Crippen LogP contribution in [0.5, 0.6) is 0 Å². The fourth-order valence-corrected chi connectivity index (χ4v) is 5.53. The van der Waals surface area contributed by atoms with E-state index >= 15 is 0 Å². The van der Waals surface area contributed by atoms with Gasteiger partial charge in [-0.15, -0.1) is 0 Å². The highest BCUT2D eigenvalue weighted by molar-refractivity contribution is 7.89. The lowest BCUT2D eigenvalue weighted by Crippen LogP contribution is -2.51. The first kappa shape index (κ1) is 22.7. The fraction of sp³-hybridized carbons (Fsp3) is 0.619. The number of hydrogen-bond donors (Lipinski definition) is 1. The van der Waals surface area contributed by atoms with Crippen molar-refractivity contribution in [2.75, 3.05) is 27.2 Å². The molecule has 0 aliphatic carbocycles. The first-order valence-electron chi connectivity index (χ1n) is 10.5. The molecule has 1 aliphatic rings. The number of piperidine rings is 1. The van der Waals surface area contributed by atoms with Crippen molar-refractivity contribution >= 4 is 27.0 Å². The van der Waals surface area contributed by atoms with Gasteiger partial charge in [-0.05, 0) is 51.8 Å². The second-order valence-corrected chi connectivity index (χ2v) is 10.5. The number of hydrogen-bond acceptors (Lipinski definition) is 5. The van der Waals surface area contributed by atoms with E-state index in [1.54, 1.807) is 35.4 Å². The highest BCUT2D eigenvalue weighted by Crippen LogP contribution is 2.25. The molecule has 0 radical (unpaired) electrons. The number of likely N-dealkylation sites (N-methyl/N-ethyl adjacent to an activating group) is 1. The summed E-state index contributed by atoms with van der Waals surface area (Å²) in [5.74, 6) is 0.760.